The Hall–Kier alpha value is -2.00. The second-order valence-electron chi connectivity index (χ2n) is 3.53. The summed E-state index contributed by atoms with van der Waals surface area (Å²) in [7, 11) is 0. The number of carbonyl (C=O) groups is 1. The fourth-order valence-electron chi connectivity index (χ4n) is 1.39. The average Bonchev–Trinajstić information content (AvgIpc) is 2.38. The molecule has 0 saturated heterocycles. The van der Waals surface area contributed by atoms with Crippen molar-refractivity contribution >= 4 is 16.8 Å². The molecule has 0 unspecified atom stereocenters. The highest BCUT2D eigenvalue weighted by atomic mass is 35.5. The van der Waals surface area contributed by atoms with Gasteiger partial charge < -0.3 is 9.47 Å². The molecule has 0 N–H and O–H groups in total. The Balaban J connectivity index is 2.05. The van der Waals surface area contributed by atoms with Crippen molar-refractivity contribution in [1.29, 1.82) is 0 Å². The molecule has 0 amide bonds. The summed E-state index contributed by atoms with van der Waals surface area (Å²) in [5, 5.41) is -0.538. The quantitative estimate of drug-likeness (QED) is 0.772. The van der Waals surface area contributed by atoms with Crippen LogP contribution >= 0.6 is 11.6 Å². The number of hydrogen-bond acceptors (Lipinski definition) is 3. The van der Waals surface area contributed by atoms with Crippen LogP contribution in [0.5, 0.6) is 17.2 Å². The van der Waals surface area contributed by atoms with E-state index in [2.05, 4.69) is 0 Å². The second kappa shape index (κ2) is 6.07. The lowest BCUT2D eigenvalue weighted by atomic mass is 10.3. The van der Waals surface area contributed by atoms with E-state index in [-0.39, 0.29) is 6.61 Å². The van der Waals surface area contributed by atoms with Gasteiger partial charge >= 0.3 is 0 Å². The molecule has 0 aromatic heterocycles. The van der Waals surface area contributed by atoms with E-state index in [1.807, 2.05) is 36.4 Å². The molecule has 2 aromatic carbocycles. The summed E-state index contributed by atoms with van der Waals surface area (Å²) in [5.41, 5.74) is 0. The van der Waals surface area contributed by atoms with Crippen LogP contribution in [0.3, 0.4) is 0 Å². The maximum atomic E-state index is 10.6. The van der Waals surface area contributed by atoms with Gasteiger partial charge in [0.2, 0.25) is 0 Å². The maximum Gasteiger partial charge on any atom is 0.259 e. The Labute approximate surface area is 110 Å². The largest absolute Gasteiger partial charge is 0.484 e. The first-order valence-corrected chi connectivity index (χ1v) is 5.76. The molecule has 0 fully saturated rings. The predicted octanol–water partition coefficient (Wildman–Crippen LogP) is 3.62. The monoisotopic (exact) mass is 262 g/mol. The standard InChI is InChI=1S/C14H11ClO3/c15-14(16)10-17-12-7-4-8-13(9-12)18-11-5-2-1-3-6-11/h1-9H,10H2. The van der Waals surface area contributed by atoms with Crippen LogP contribution in [0.25, 0.3) is 0 Å². The maximum absolute atomic E-state index is 10.6. The molecule has 0 saturated carbocycles. The van der Waals surface area contributed by atoms with Gasteiger partial charge in [0, 0.05) is 6.07 Å². The van der Waals surface area contributed by atoms with E-state index in [0.717, 1.165) is 5.75 Å². The smallest absolute Gasteiger partial charge is 0.259 e. The first kappa shape index (κ1) is 12.5. The zero-order valence-electron chi connectivity index (χ0n) is 9.51. The summed E-state index contributed by atoms with van der Waals surface area (Å²) < 4.78 is 10.8. The van der Waals surface area contributed by atoms with Crippen molar-refractivity contribution in [2.45, 2.75) is 0 Å². The minimum Gasteiger partial charge on any atom is -0.484 e. The van der Waals surface area contributed by atoms with Gasteiger partial charge in [-0.2, -0.15) is 0 Å². The molecule has 4 heteroatoms. The third kappa shape index (κ3) is 3.79. The number of halogens is 1. The average molecular weight is 263 g/mol. The van der Waals surface area contributed by atoms with Crippen molar-refractivity contribution in [3.63, 3.8) is 0 Å². The molecular weight excluding hydrogens is 252 g/mol. The molecule has 0 atom stereocenters. The molecule has 2 rings (SSSR count). The summed E-state index contributed by atoms with van der Waals surface area (Å²) in [6, 6.07) is 16.4. The van der Waals surface area contributed by atoms with Crippen LogP contribution in [0.15, 0.2) is 54.6 Å². The molecule has 0 bridgehead atoms. The molecule has 0 spiro atoms. The SMILES string of the molecule is O=C(Cl)COc1cccc(Oc2ccccc2)c1. The van der Waals surface area contributed by atoms with E-state index in [9.17, 15) is 4.79 Å². The molecule has 0 aliphatic carbocycles. The van der Waals surface area contributed by atoms with Gasteiger partial charge in [-0.05, 0) is 35.9 Å². The van der Waals surface area contributed by atoms with Crippen molar-refractivity contribution in [2.24, 2.45) is 0 Å². The Kier molecular flexibility index (Phi) is 4.20. The summed E-state index contributed by atoms with van der Waals surface area (Å²) in [6.07, 6.45) is 0. The van der Waals surface area contributed by atoms with Gasteiger partial charge in [-0.15, -0.1) is 0 Å². The second-order valence-corrected chi connectivity index (χ2v) is 3.96. The molecule has 3 nitrogen and oxygen atoms in total. The van der Waals surface area contributed by atoms with E-state index >= 15 is 0 Å². The molecule has 0 heterocycles. The Morgan fingerprint density at radius 3 is 2.33 bits per heavy atom. The topological polar surface area (TPSA) is 35.5 Å². The fourth-order valence-corrected chi connectivity index (χ4v) is 1.45. The Morgan fingerprint density at radius 2 is 1.61 bits per heavy atom. The van der Waals surface area contributed by atoms with E-state index in [0.29, 0.717) is 11.5 Å². The number of hydrogen-bond donors (Lipinski definition) is 0. The van der Waals surface area contributed by atoms with Crippen LogP contribution in [0, 0.1) is 0 Å². The molecule has 0 aliphatic heterocycles. The van der Waals surface area contributed by atoms with Crippen LogP contribution < -0.4 is 9.47 Å². The van der Waals surface area contributed by atoms with Gasteiger partial charge in [-0.1, -0.05) is 24.3 Å². The van der Waals surface area contributed by atoms with Crippen LogP contribution in [-0.4, -0.2) is 11.8 Å². The first-order valence-electron chi connectivity index (χ1n) is 5.38. The van der Waals surface area contributed by atoms with Gasteiger partial charge in [0.05, 0.1) is 0 Å². The highest BCUT2D eigenvalue weighted by Crippen LogP contribution is 2.24. The lowest BCUT2D eigenvalue weighted by molar-refractivity contribution is -0.113. The predicted molar refractivity (Wildman–Crippen MR) is 69.3 cm³/mol. The van der Waals surface area contributed by atoms with Crippen LogP contribution in [0.1, 0.15) is 0 Å². The molecular formula is C14H11ClO3. The normalized spacial score (nSPS) is 9.83. The summed E-state index contributed by atoms with van der Waals surface area (Å²) in [5.74, 6) is 1.92. The number of ether oxygens (including phenoxy) is 2. The van der Waals surface area contributed by atoms with Gasteiger partial charge in [-0.3, -0.25) is 4.79 Å². The number of rotatable bonds is 5. The number of carbonyl (C=O) groups excluding carboxylic acids is 1. The first-order chi connectivity index (χ1) is 8.74. The van der Waals surface area contributed by atoms with E-state index in [4.69, 9.17) is 21.1 Å². The van der Waals surface area contributed by atoms with E-state index in [1.165, 1.54) is 0 Å². The minimum atomic E-state index is -0.538. The highest BCUT2D eigenvalue weighted by Gasteiger charge is 2.01. The molecule has 2 aromatic rings. The summed E-state index contributed by atoms with van der Waals surface area (Å²) in [6.45, 7) is -0.156. The van der Waals surface area contributed by atoms with E-state index < -0.39 is 5.24 Å². The van der Waals surface area contributed by atoms with Crippen LogP contribution in [-0.2, 0) is 4.79 Å². The zero-order valence-corrected chi connectivity index (χ0v) is 10.3. The van der Waals surface area contributed by atoms with Gasteiger partial charge in [0.1, 0.15) is 17.2 Å². The number of para-hydroxylation sites is 1. The van der Waals surface area contributed by atoms with Gasteiger partial charge in [0.25, 0.3) is 5.24 Å². The number of benzene rings is 2. The van der Waals surface area contributed by atoms with Crippen molar-refractivity contribution in [3.8, 4) is 17.2 Å². The van der Waals surface area contributed by atoms with Crippen molar-refractivity contribution < 1.29 is 14.3 Å². The van der Waals surface area contributed by atoms with Gasteiger partial charge in [0.15, 0.2) is 6.61 Å². The van der Waals surface area contributed by atoms with E-state index in [1.54, 1.807) is 18.2 Å². The minimum absolute atomic E-state index is 0.156. The molecule has 18 heavy (non-hydrogen) atoms. The molecule has 0 radical (unpaired) electrons. The van der Waals surface area contributed by atoms with Crippen molar-refractivity contribution in [1.82, 2.24) is 0 Å². The van der Waals surface area contributed by atoms with Gasteiger partial charge in [-0.25, -0.2) is 0 Å². The Morgan fingerprint density at radius 1 is 0.944 bits per heavy atom. The third-order valence-corrected chi connectivity index (χ3v) is 2.25. The van der Waals surface area contributed by atoms with Crippen molar-refractivity contribution in [2.75, 3.05) is 6.61 Å². The lowest BCUT2D eigenvalue weighted by Crippen LogP contribution is -2.04. The Bertz CT molecular complexity index is 526. The molecule has 92 valence electrons. The lowest BCUT2D eigenvalue weighted by Gasteiger charge is -2.07. The summed E-state index contributed by atoms with van der Waals surface area (Å²) in [4.78, 5) is 10.6. The third-order valence-electron chi connectivity index (χ3n) is 2.14. The van der Waals surface area contributed by atoms with Crippen LogP contribution in [0.2, 0.25) is 0 Å². The zero-order chi connectivity index (χ0) is 12.8. The summed E-state index contributed by atoms with van der Waals surface area (Å²) >= 11 is 5.20. The highest BCUT2D eigenvalue weighted by molar-refractivity contribution is 6.63. The molecule has 0 aliphatic rings. The van der Waals surface area contributed by atoms with Crippen LogP contribution in [0.4, 0.5) is 0 Å². The fraction of sp³-hybridized carbons (Fsp3) is 0.0714. The van der Waals surface area contributed by atoms with Crippen molar-refractivity contribution in [3.05, 3.63) is 54.6 Å².